The van der Waals surface area contributed by atoms with Gasteiger partial charge in [-0.1, -0.05) is 0 Å². The third-order valence-corrected chi connectivity index (χ3v) is 4.89. The number of hydrogen-bond donors (Lipinski definition) is 0. The summed E-state index contributed by atoms with van der Waals surface area (Å²) >= 11 is 0. The minimum atomic E-state index is 0.0671. The van der Waals surface area contributed by atoms with Gasteiger partial charge in [-0.15, -0.1) is 5.10 Å². The number of carbonyl (C=O) groups excluding carboxylic acids is 1. The number of carbonyl (C=O) groups is 1. The smallest absolute Gasteiger partial charge is 0.253 e. The van der Waals surface area contributed by atoms with E-state index in [4.69, 9.17) is 4.74 Å². The number of methoxy groups -OCH3 is 1. The van der Waals surface area contributed by atoms with Crippen LogP contribution in [0.5, 0.6) is 5.75 Å². The standard InChI is InChI=1S/C19H22N4O2/c1-25-16-6-4-15(5-7-16)19(24)23-12-10-22(11-13-23)18-9-8-17(20-21-18)14-2-3-14/h4-9,14H,2-3,10-13H2,1H3. The molecule has 6 nitrogen and oxygen atoms in total. The Morgan fingerprint density at radius 1 is 1.00 bits per heavy atom. The number of rotatable bonds is 4. The molecular weight excluding hydrogens is 316 g/mol. The second-order valence-corrected chi connectivity index (χ2v) is 6.60. The number of benzene rings is 1. The summed E-state index contributed by atoms with van der Waals surface area (Å²) in [6.07, 6.45) is 2.47. The van der Waals surface area contributed by atoms with Crippen molar-refractivity contribution in [3.63, 3.8) is 0 Å². The maximum Gasteiger partial charge on any atom is 0.253 e. The molecule has 0 atom stereocenters. The number of ether oxygens (including phenoxy) is 1. The molecule has 1 aliphatic carbocycles. The summed E-state index contributed by atoms with van der Waals surface area (Å²) in [5, 5.41) is 8.72. The number of anilines is 1. The SMILES string of the molecule is COc1ccc(C(=O)N2CCN(c3ccc(C4CC4)nn3)CC2)cc1. The monoisotopic (exact) mass is 338 g/mol. The zero-order valence-electron chi connectivity index (χ0n) is 14.4. The molecule has 1 saturated heterocycles. The van der Waals surface area contributed by atoms with Crippen LogP contribution >= 0.6 is 0 Å². The topological polar surface area (TPSA) is 58.6 Å². The molecular formula is C19H22N4O2. The summed E-state index contributed by atoms with van der Waals surface area (Å²) in [7, 11) is 1.62. The van der Waals surface area contributed by atoms with Gasteiger partial charge in [-0.05, 0) is 49.2 Å². The van der Waals surface area contributed by atoms with Crippen LogP contribution in [-0.4, -0.2) is 54.3 Å². The third-order valence-electron chi connectivity index (χ3n) is 4.89. The van der Waals surface area contributed by atoms with Gasteiger partial charge in [-0.3, -0.25) is 4.79 Å². The van der Waals surface area contributed by atoms with Crippen molar-refractivity contribution in [1.82, 2.24) is 15.1 Å². The molecule has 0 unspecified atom stereocenters. The van der Waals surface area contributed by atoms with E-state index in [1.165, 1.54) is 12.8 Å². The van der Waals surface area contributed by atoms with Crippen LogP contribution in [0.3, 0.4) is 0 Å². The number of nitrogens with zero attached hydrogens (tertiary/aromatic N) is 4. The average Bonchev–Trinajstić information content (AvgIpc) is 3.53. The normalized spacial score (nSPS) is 17.5. The van der Waals surface area contributed by atoms with Crippen molar-refractivity contribution >= 4 is 11.7 Å². The summed E-state index contributed by atoms with van der Waals surface area (Å²) in [4.78, 5) is 16.7. The van der Waals surface area contributed by atoms with E-state index in [0.717, 1.165) is 30.4 Å². The highest BCUT2D eigenvalue weighted by molar-refractivity contribution is 5.94. The van der Waals surface area contributed by atoms with Gasteiger partial charge in [0.1, 0.15) is 5.75 Å². The third kappa shape index (κ3) is 3.43. The van der Waals surface area contributed by atoms with E-state index >= 15 is 0 Å². The number of amides is 1. The molecule has 6 heteroatoms. The molecule has 0 radical (unpaired) electrons. The lowest BCUT2D eigenvalue weighted by Gasteiger charge is -2.35. The van der Waals surface area contributed by atoms with E-state index in [1.807, 2.05) is 29.2 Å². The highest BCUT2D eigenvalue weighted by Crippen LogP contribution is 2.38. The molecule has 25 heavy (non-hydrogen) atoms. The molecule has 130 valence electrons. The second kappa shape index (κ2) is 6.70. The van der Waals surface area contributed by atoms with Crippen molar-refractivity contribution in [3.05, 3.63) is 47.7 Å². The predicted octanol–water partition coefficient (Wildman–Crippen LogP) is 2.33. The largest absolute Gasteiger partial charge is 0.497 e. The summed E-state index contributed by atoms with van der Waals surface area (Å²) in [5.41, 5.74) is 1.81. The average molecular weight is 338 g/mol. The molecule has 0 bridgehead atoms. The zero-order chi connectivity index (χ0) is 17.2. The van der Waals surface area contributed by atoms with E-state index in [1.54, 1.807) is 7.11 Å². The first kappa shape index (κ1) is 15.9. The highest BCUT2D eigenvalue weighted by Gasteiger charge is 2.26. The second-order valence-electron chi connectivity index (χ2n) is 6.60. The Morgan fingerprint density at radius 3 is 2.28 bits per heavy atom. The van der Waals surface area contributed by atoms with E-state index in [-0.39, 0.29) is 5.91 Å². The molecule has 1 aromatic heterocycles. The van der Waals surface area contributed by atoms with E-state index in [2.05, 4.69) is 27.2 Å². The highest BCUT2D eigenvalue weighted by atomic mass is 16.5. The molecule has 0 N–H and O–H groups in total. The quantitative estimate of drug-likeness (QED) is 0.856. The van der Waals surface area contributed by atoms with Crippen LogP contribution in [0.25, 0.3) is 0 Å². The van der Waals surface area contributed by atoms with Gasteiger partial charge in [0.15, 0.2) is 5.82 Å². The Bertz CT molecular complexity index is 733. The van der Waals surface area contributed by atoms with Gasteiger partial charge in [0, 0.05) is 37.7 Å². The van der Waals surface area contributed by atoms with Crippen LogP contribution in [0, 0.1) is 0 Å². The first-order valence-corrected chi connectivity index (χ1v) is 8.76. The fourth-order valence-corrected chi connectivity index (χ4v) is 3.16. The first-order chi connectivity index (χ1) is 12.2. The number of piperazine rings is 1. The van der Waals surface area contributed by atoms with Gasteiger partial charge < -0.3 is 14.5 Å². The van der Waals surface area contributed by atoms with Gasteiger partial charge in [-0.2, -0.15) is 5.10 Å². The van der Waals surface area contributed by atoms with Crippen molar-refractivity contribution in [2.75, 3.05) is 38.2 Å². The van der Waals surface area contributed by atoms with Gasteiger partial charge in [0.05, 0.1) is 12.8 Å². The summed E-state index contributed by atoms with van der Waals surface area (Å²) < 4.78 is 5.14. The molecule has 2 aliphatic rings. The van der Waals surface area contributed by atoms with Gasteiger partial charge in [-0.25, -0.2) is 0 Å². The minimum absolute atomic E-state index is 0.0671. The lowest BCUT2D eigenvalue weighted by Crippen LogP contribution is -2.49. The Kier molecular flexibility index (Phi) is 4.26. The van der Waals surface area contributed by atoms with Crippen molar-refractivity contribution in [3.8, 4) is 5.75 Å². The van der Waals surface area contributed by atoms with Crippen molar-refractivity contribution in [2.24, 2.45) is 0 Å². The van der Waals surface area contributed by atoms with Crippen molar-refractivity contribution < 1.29 is 9.53 Å². The Hall–Kier alpha value is -2.63. The maximum atomic E-state index is 12.6. The van der Waals surface area contributed by atoms with Crippen LogP contribution < -0.4 is 9.64 Å². The summed E-state index contributed by atoms with van der Waals surface area (Å²) in [5.74, 6) is 2.36. The van der Waals surface area contributed by atoms with E-state index in [0.29, 0.717) is 24.6 Å². The Morgan fingerprint density at radius 2 is 1.72 bits per heavy atom. The molecule has 1 amide bonds. The van der Waals surface area contributed by atoms with Crippen LogP contribution in [0.4, 0.5) is 5.82 Å². The minimum Gasteiger partial charge on any atom is -0.497 e. The van der Waals surface area contributed by atoms with Crippen LogP contribution in [0.15, 0.2) is 36.4 Å². The molecule has 2 heterocycles. The fraction of sp³-hybridized carbons (Fsp3) is 0.421. The molecule has 2 fully saturated rings. The Balaban J connectivity index is 1.36. The van der Waals surface area contributed by atoms with Gasteiger partial charge in [0.2, 0.25) is 0 Å². The van der Waals surface area contributed by atoms with Gasteiger partial charge >= 0.3 is 0 Å². The number of hydrogen-bond acceptors (Lipinski definition) is 5. The number of aromatic nitrogens is 2. The van der Waals surface area contributed by atoms with Crippen LogP contribution in [0.1, 0.15) is 34.8 Å². The van der Waals surface area contributed by atoms with Crippen molar-refractivity contribution in [1.29, 1.82) is 0 Å². The van der Waals surface area contributed by atoms with E-state index < -0.39 is 0 Å². The zero-order valence-corrected chi connectivity index (χ0v) is 14.4. The lowest BCUT2D eigenvalue weighted by atomic mass is 10.1. The predicted molar refractivity (Wildman–Crippen MR) is 95.1 cm³/mol. The summed E-state index contributed by atoms with van der Waals surface area (Å²) in [6, 6.07) is 11.4. The fourth-order valence-electron chi connectivity index (χ4n) is 3.16. The van der Waals surface area contributed by atoms with Crippen molar-refractivity contribution in [2.45, 2.75) is 18.8 Å². The van der Waals surface area contributed by atoms with Gasteiger partial charge in [0.25, 0.3) is 5.91 Å². The molecule has 0 spiro atoms. The van der Waals surface area contributed by atoms with Crippen LogP contribution in [-0.2, 0) is 0 Å². The summed E-state index contributed by atoms with van der Waals surface area (Å²) in [6.45, 7) is 2.94. The lowest BCUT2D eigenvalue weighted by molar-refractivity contribution is 0.0746. The van der Waals surface area contributed by atoms with Crippen LogP contribution in [0.2, 0.25) is 0 Å². The molecule has 1 aliphatic heterocycles. The molecule has 1 saturated carbocycles. The first-order valence-electron chi connectivity index (χ1n) is 8.76. The molecule has 1 aromatic carbocycles. The molecule has 4 rings (SSSR count). The maximum absolute atomic E-state index is 12.6. The van der Waals surface area contributed by atoms with E-state index in [9.17, 15) is 4.79 Å². The Labute approximate surface area is 147 Å². The molecule has 2 aromatic rings.